The van der Waals surface area contributed by atoms with Gasteiger partial charge in [0.05, 0.1) is 0 Å². The number of hydrogen-bond acceptors (Lipinski definition) is 2. The Bertz CT molecular complexity index is 527. The number of carbonyl (C=O) groups is 1. The molecule has 1 N–H and O–H groups in total. The summed E-state index contributed by atoms with van der Waals surface area (Å²) in [7, 11) is 0. The molecule has 1 aliphatic rings. The minimum atomic E-state index is -0.159. The predicted molar refractivity (Wildman–Crippen MR) is 105 cm³/mol. The molecule has 0 aliphatic carbocycles. The fourth-order valence-corrected chi connectivity index (χ4v) is 3.66. The van der Waals surface area contributed by atoms with Gasteiger partial charge in [-0.1, -0.05) is 31.9 Å². The zero-order valence-corrected chi connectivity index (χ0v) is 16.3. The zero-order chi connectivity index (χ0) is 18.8. The molecule has 1 saturated heterocycles. The Morgan fingerprint density at radius 2 is 1.73 bits per heavy atom. The minimum absolute atomic E-state index is 0.0584. The monoisotopic (exact) mass is 363 g/mol. The molecule has 4 nitrogen and oxygen atoms in total. The van der Waals surface area contributed by atoms with Gasteiger partial charge in [0.15, 0.2) is 0 Å². The highest BCUT2D eigenvalue weighted by Crippen LogP contribution is 2.27. The van der Waals surface area contributed by atoms with Crippen LogP contribution in [-0.2, 0) is 0 Å². The Morgan fingerprint density at radius 3 is 2.35 bits per heavy atom. The van der Waals surface area contributed by atoms with Crippen molar-refractivity contribution in [2.75, 3.05) is 39.3 Å². The summed E-state index contributed by atoms with van der Waals surface area (Å²) in [6, 6.07) is 7.11. The van der Waals surface area contributed by atoms with E-state index in [9.17, 15) is 9.18 Å². The standard InChI is InChI=1S/C21H34FN3O/c1-3-5-7-18(19-9-11-20(22)12-10-19)8-6-13-24-14-16-25(17-15-24)21(26)23-4-2/h9-12,18H,3-8,13-17H2,1-2H3,(H,23,26). The van der Waals surface area contributed by atoms with Crippen molar-refractivity contribution in [1.82, 2.24) is 15.1 Å². The molecule has 0 spiro atoms. The first-order chi connectivity index (χ1) is 12.6. The molecule has 1 aromatic rings. The van der Waals surface area contributed by atoms with Crippen molar-refractivity contribution in [1.29, 1.82) is 0 Å². The second kappa shape index (κ2) is 11.2. The first-order valence-corrected chi connectivity index (χ1v) is 10.1. The smallest absolute Gasteiger partial charge is 0.317 e. The molecule has 5 heteroatoms. The number of halogens is 1. The van der Waals surface area contributed by atoms with Crippen molar-refractivity contribution in [3.05, 3.63) is 35.6 Å². The van der Waals surface area contributed by atoms with Crippen LogP contribution in [0.3, 0.4) is 0 Å². The molecule has 146 valence electrons. The van der Waals surface area contributed by atoms with Crippen LogP contribution in [0, 0.1) is 5.82 Å². The van der Waals surface area contributed by atoms with Crippen LogP contribution < -0.4 is 5.32 Å². The third-order valence-electron chi connectivity index (χ3n) is 5.26. The number of urea groups is 1. The summed E-state index contributed by atoms with van der Waals surface area (Å²) in [5, 5.41) is 2.87. The normalized spacial score (nSPS) is 16.5. The lowest BCUT2D eigenvalue weighted by molar-refractivity contribution is 0.138. The fourth-order valence-electron chi connectivity index (χ4n) is 3.66. The molecule has 26 heavy (non-hydrogen) atoms. The number of amides is 2. The average Bonchev–Trinajstić information content (AvgIpc) is 2.66. The lowest BCUT2D eigenvalue weighted by Gasteiger charge is -2.34. The zero-order valence-electron chi connectivity index (χ0n) is 16.3. The number of rotatable bonds is 9. The molecule has 1 atom stereocenters. The molecular formula is C21H34FN3O. The topological polar surface area (TPSA) is 35.6 Å². The number of nitrogens with zero attached hydrogens (tertiary/aromatic N) is 2. The Labute approximate surface area is 157 Å². The van der Waals surface area contributed by atoms with Crippen LogP contribution in [0.4, 0.5) is 9.18 Å². The highest BCUT2D eigenvalue weighted by atomic mass is 19.1. The molecule has 2 rings (SSSR count). The Kier molecular flexibility index (Phi) is 8.89. The van der Waals surface area contributed by atoms with Crippen LogP contribution in [0.1, 0.15) is 57.4 Å². The second-order valence-electron chi connectivity index (χ2n) is 7.20. The molecular weight excluding hydrogens is 329 g/mol. The molecule has 1 unspecified atom stereocenters. The Balaban J connectivity index is 1.75. The van der Waals surface area contributed by atoms with E-state index in [1.165, 1.54) is 24.8 Å². The number of nitrogens with one attached hydrogen (secondary N) is 1. The fraction of sp³-hybridized carbons (Fsp3) is 0.667. The predicted octanol–water partition coefficient (Wildman–Crippen LogP) is 4.23. The average molecular weight is 364 g/mol. The second-order valence-corrected chi connectivity index (χ2v) is 7.20. The maximum absolute atomic E-state index is 13.2. The Hall–Kier alpha value is -1.62. The van der Waals surface area contributed by atoms with E-state index < -0.39 is 0 Å². The third-order valence-corrected chi connectivity index (χ3v) is 5.26. The number of carbonyl (C=O) groups excluding carboxylic acids is 1. The first-order valence-electron chi connectivity index (χ1n) is 10.1. The lowest BCUT2D eigenvalue weighted by atomic mass is 9.89. The number of hydrogen-bond donors (Lipinski definition) is 1. The van der Waals surface area contributed by atoms with Gasteiger partial charge in [0.1, 0.15) is 5.82 Å². The van der Waals surface area contributed by atoms with Crippen molar-refractivity contribution in [2.45, 2.75) is 51.9 Å². The van der Waals surface area contributed by atoms with Gasteiger partial charge >= 0.3 is 6.03 Å². The highest BCUT2D eigenvalue weighted by molar-refractivity contribution is 5.74. The summed E-state index contributed by atoms with van der Waals surface area (Å²) in [5.74, 6) is 0.361. The van der Waals surface area contributed by atoms with Crippen LogP contribution in [0.5, 0.6) is 0 Å². The molecule has 0 bridgehead atoms. The summed E-state index contributed by atoms with van der Waals surface area (Å²) in [5.41, 5.74) is 1.26. The van der Waals surface area contributed by atoms with Crippen molar-refractivity contribution in [2.24, 2.45) is 0 Å². The van der Waals surface area contributed by atoms with E-state index in [1.54, 1.807) is 12.1 Å². The first kappa shape index (κ1) is 20.7. The highest BCUT2D eigenvalue weighted by Gasteiger charge is 2.20. The van der Waals surface area contributed by atoms with Gasteiger partial charge in [-0.15, -0.1) is 0 Å². The van der Waals surface area contributed by atoms with E-state index in [1.807, 2.05) is 24.0 Å². The van der Waals surface area contributed by atoms with Crippen molar-refractivity contribution in [3.8, 4) is 0 Å². The van der Waals surface area contributed by atoms with E-state index in [4.69, 9.17) is 0 Å². The Morgan fingerprint density at radius 1 is 1.08 bits per heavy atom. The number of benzene rings is 1. The molecule has 0 radical (unpaired) electrons. The van der Waals surface area contributed by atoms with Gasteiger partial charge in [0.2, 0.25) is 0 Å². The van der Waals surface area contributed by atoms with Crippen molar-refractivity contribution >= 4 is 6.03 Å². The van der Waals surface area contributed by atoms with E-state index >= 15 is 0 Å². The van der Waals surface area contributed by atoms with Gasteiger partial charge < -0.3 is 10.2 Å². The number of unbranched alkanes of at least 4 members (excludes halogenated alkanes) is 1. The molecule has 1 aliphatic heterocycles. The maximum atomic E-state index is 13.2. The SMILES string of the molecule is CCCCC(CCCN1CCN(C(=O)NCC)CC1)c1ccc(F)cc1. The van der Waals surface area contributed by atoms with Gasteiger partial charge in [0.25, 0.3) is 0 Å². The van der Waals surface area contributed by atoms with E-state index in [2.05, 4.69) is 17.1 Å². The van der Waals surface area contributed by atoms with Gasteiger partial charge in [-0.25, -0.2) is 9.18 Å². The van der Waals surface area contributed by atoms with Gasteiger partial charge in [-0.05, 0) is 56.3 Å². The minimum Gasteiger partial charge on any atom is -0.338 e. The molecule has 0 saturated carbocycles. The van der Waals surface area contributed by atoms with Crippen molar-refractivity contribution < 1.29 is 9.18 Å². The quantitative estimate of drug-likeness (QED) is 0.713. The van der Waals surface area contributed by atoms with Crippen LogP contribution in [0.25, 0.3) is 0 Å². The summed E-state index contributed by atoms with van der Waals surface area (Å²) in [6.45, 7) is 9.45. The van der Waals surface area contributed by atoms with Gasteiger partial charge in [0, 0.05) is 32.7 Å². The third kappa shape index (κ3) is 6.60. The van der Waals surface area contributed by atoms with Crippen molar-refractivity contribution in [3.63, 3.8) is 0 Å². The van der Waals surface area contributed by atoms with Crippen LogP contribution >= 0.6 is 0 Å². The molecule has 0 aromatic heterocycles. The summed E-state index contributed by atoms with van der Waals surface area (Å²) < 4.78 is 13.2. The van der Waals surface area contributed by atoms with E-state index in [0.29, 0.717) is 12.5 Å². The summed E-state index contributed by atoms with van der Waals surface area (Å²) in [4.78, 5) is 16.2. The molecule has 1 aromatic carbocycles. The molecule has 1 heterocycles. The molecule has 2 amide bonds. The lowest BCUT2D eigenvalue weighted by Crippen LogP contribution is -2.51. The van der Waals surface area contributed by atoms with E-state index in [0.717, 1.165) is 45.6 Å². The van der Waals surface area contributed by atoms with Crippen LogP contribution in [-0.4, -0.2) is 55.1 Å². The summed E-state index contributed by atoms with van der Waals surface area (Å²) in [6.07, 6.45) is 5.87. The van der Waals surface area contributed by atoms with E-state index in [-0.39, 0.29) is 11.8 Å². The summed E-state index contributed by atoms with van der Waals surface area (Å²) >= 11 is 0. The molecule has 1 fully saturated rings. The maximum Gasteiger partial charge on any atom is 0.317 e. The largest absolute Gasteiger partial charge is 0.338 e. The number of piperazine rings is 1. The van der Waals surface area contributed by atoms with Crippen LogP contribution in [0.15, 0.2) is 24.3 Å². The van der Waals surface area contributed by atoms with Gasteiger partial charge in [-0.2, -0.15) is 0 Å². The van der Waals surface area contributed by atoms with Gasteiger partial charge in [-0.3, -0.25) is 4.90 Å². The van der Waals surface area contributed by atoms with Crippen LogP contribution in [0.2, 0.25) is 0 Å².